The van der Waals surface area contributed by atoms with E-state index in [2.05, 4.69) is 17.6 Å². The normalized spacial score (nSPS) is 22.8. The number of carbonyl (C=O) groups excluding carboxylic acids is 1. The summed E-state index contributed by atoms with van der Waals surface area (Å²) in [5.74, 6) is 0.123. The Kier molecular flexibility index (Phi) is 6.03. The summed E-state index contributed by atoms with van der Waals surface area (Å²) in [6.45, 7) is 7.13. The van der Waals surface area contributed by atoms with Gasteiger partial charge in [0.1, 0.15) is 0 Å². The molecule has 20 heavy (non-hydrogen) atoms. The highest BCUT2D eigenvalue weighted by Crippen LogP contribution is 2.23. The highest BCUT2D eigenvalue weighted by Gasteiger charge is 2.31. The molecule has 0 aromatic heterocycles. The van der Waals surface area contributed by atoms with Gasteiger partial charge in [-0.1, -0.05) is 30.3 Å². The highest BCUT2D eigenvalue weighted by atomic mass is 35.5. The molecule has 0 radical (unpaired) electrons. The van der Waals surface area contributed by atoms with Crippen molar-refractivity contribution in [2.45, 2.75) is 51.1 Å². The molecule has 1 aliphatic rings. The monoisotopic (exact) mass is 296 g/mol. The van der Waals surface area contributed by atoms with Gasteiger partial charge in [0.15, 0.2) is 0 Å². The Morgan fingerprint density at radius 2 is 1.95 bits per heavy atom. The summed E-state index contributed by atoms with van der Waals surface area (Å²) in [5.41, 5.74) is 0.588. The van der Waals surface area contributed by atoms with Crippen LogP contribution in [0.3, 0.4) is 0 Å². The molecule has 2 atom stereocenters. The molecule has 1 amide bonds. The lowest BCUT2D eigenvalue weighted by atomic mass is 9.83. The molecule has 0 aliphatic carbocycles. The standard InChI is InChI=1S/C16H24N2O.ClH/c1-12-11-14(9-10-17-12)18-15(19)16(2,3)13-7-5-4-6-8-13;/h4-8,12,14,17H,9-11H2,1-3H3,(H,18,19);1H. The number of halogens is 1. The largest absolute Gasteiger partial charge is 0.353 e. The van der Waals surface area contributed by atoms with Crippen molar-refractivity contribution in [1.29, 1.82) is 0 Å². The van der Waals surface area contributed by atoms with Crippen LogP contribution in [0.4, 0.5) is 0 Å². The van der Waals surface area contributed by atoms with Crippen molar-refractivity contribution in [3.8, 4) is 0 Å². The van der Waals surface area contributed by atoms with Gasteiger partial charge in [-0.15, -0.1) is 12.4 Å². The number of nitrogens with one attached hydrogen (secondary N) is 2. The Hall–Kier alpha value is -1.06. The van der Waals surface area contributed by atoms with Crippen molar-refractivity contribution in [1.82, 2.24) is 10.6 Å². The molecule has 1 saturated heterocycles. The lowest BCUT2D eigenvalue weighted by Gasteiger charge is -2.32. The second-order valence-corrected chi connectivity index (χ2v) is 6.04. The van der Waals surface area contributed by atoms with E-state index in [1.54, 1.807) is 0 Å². The molecule has 4 heteroatoms. The molecular weight excluding hydrogens is 272 g/mol. The Morgan fingerprint density at radius 1 is 1.30 bits per heavy atom. The van der Waals surface area contributed by atoms with Crippen molar-refractivity contribution in [3.63, 3.8) is 0 Å². The Bertz CT molecular complexity index is 433. The van der Waals surface area contributed by atoms with Gasteiger partial charge < -0.3 is 10.6 Å². The second-order valence-electron chi connectivity index (χ2n) is 6.04. The van der Waals surface area contributed by atoms with Gasteiger partial charge in [-0.05, 0) is 45.7 Å². The summed E-state index contributed by atoms with van der Waals surface area (Å²) in [6, 6.07) is 10.8. The van der Waals surface area contributed by atoms with Crippen LogP contribution >= 0.6 is 12.4 Å². The molecule has 1 aliphatic heterocycles. The molecule has 2 rings (SSSR count). The fourth-order valence-electron chi connectivity index (χ4n) is 2.61. The maximum absolute atomic E-state index is 12.5. The number of carbonyl (C=O) groups is 1. The molecule has 1 fully saturated rings. The number of hydrogen-bond donors (Lipinski definition) is 2. The zero-order valence-electron chi connectivity index (χ0n) is 12.5. The van der Waals surface area contributed by atoms with Gasteiger partial charge in [0.05, 0.1) is 5.41 Å². The molecule has 3 nitrogen and oxygen atoms in total. The van der Waals surface area contributed by atoms with E-state index in [9.17, 15) is 4.79 Å². The summed E-state index contributed by atoms with van der Waals surface area (Å²) in [5, 5.41) is 6.61. The molecule has 1 aromatic rings. The minimum Gasteiger partial charge on any atom is -0.353 e. The third kappa shape index (κ3) is 3.97. The van der Waals surface area contributed by atoms with Gasteiger partial charge in [-0.25, -0.2) is 0 Å². The number of piperidine rings is 1. The first-order chi connectivity index (χ1) is 9.00. The lowest BCUT2D eigenvalue weighted by Crippen LogP contribution is -2.50. The second kappa shape index (κ2) is 7.09. The first-order valence-corrected chi connectivity index (χ1v) is 7.10. The molecule has 0 spiro atoms. The third-order valence-electron chi connectivity index (χ3n) is 4.02. The summed E-state index contributed by atoms with van der Waals surface area (Å²) in [7, 11) is 0. The molecule has 0 saturated carbocycles. The van der Waals surface area contributed by atoms with E-state index < -0.39 is 5.41 Å². The molecule has 112 valence electrons. The van der Waals surface area contributed by atoms with Crippen molar-refractivity contribution in [2.24, 2.45) is 0 Å². The van der Waals surface area contributed by atoms with Gasteiger partial charge in [-0.2, -0.15) is 0 Å². The van der Waals surface area contributed by atoms with E-state index in [-0.39, 0.29) is 18.3 Å². The summed E-state index contributed by atoms with van der Waals surface area (Å²) >= 11 is 0. The molecule has 2 unspecified atom stereocenters. The summed E-state index contributed by atoms with van der Waals surface area (Å²) in [4.78, 5) is 12.5. The quantitative estimate of drug-likeness (QED) is 0.900. The van der Waals surface area contributed by atoms with Crippen LogP contribution in [0.2, 0.25) is 0 Å². The van der Waals surface area contributed by atoms with Crippen molar-refractivity contribution >= 4 is 18.3 Å². The topological polar surface area (TPSA) is 41.1 Å². The fourth-order valence-corrected chi connectivity index (χ4v) is 2.61. The smallest absolute Gasteiger partial charge is 0.230 e. The summed E-state index contributed by atoms with van der Waals surface area (Å²) < 4.78 is 0. The van der Waals surface area contributed by atoms with Gasteiger partial charge in [0.2, 0.25) is 5.91 Å². The molecule has 1 heterocycles. The number of amides is 1. The van der Waals surface area contributed by atoms with Gasteiger partial charge >= 0.3 is 0 Å². The fraction of sp³-hybridized carbons (Fsp3) is 0.562. The minimum atomic E-state index is -0.477. The van der Waals surface area contributed by atoms with E-state index in [0.29, 0.717) is 12.1 Å². The molecular formula is C16H25ClN2O. The molecule has 2 N–H and O–H groups in total. The number of benzene rings is 1. The van der Waals surface area contributed by atoms with Crippen LogP contribution in [0.25, 0.3) is 0 Å². The SMILES string of the molecule is CC1CC(NC(=O)C(C)(C)c2ccccc2)CCN1.Cl. The van der Waals surface area contributed by atoms with Crippen LogP contribution in [-0.2, 0) is 10.2 Å². The van der Waals surface area contributed by atoms with Crippen LogP contribution in [0.1, 0.15) is 39.2 Å². The predicted octanol–water partition coefficient (Wildman–Crippen LogP) is 2.64. The van der Waals surface area contributed by atoms with Crippen LogP contribution in [0.5, 0.6) is 0 Å². The maximum atomic E-state index is 12.5. The number of hydrogen-bond acceptors (Lipinski definition) is 2. The lowest BCUT2D eigenvalue weighted by molar-refractivity contribution is -0.126. The zero-order chi connectivity index (χ0) is 13.9. The predicted molar refractivity (Wildman–Crippen MR) is 85.3 cm³/mol. The van der Waals surface area contributed by atoms with Gasteiger partial charge in [-0.3, -0.25) is 4.79 Å². The first-order valence-electron chi connectivity index (χ1n) is 7.10. The van der Waals surface area contributed by atoms with Crippen molar-refractivity contribution in [2.75, 3.05) is 6.54 Å². The van der Waals surface area contributed by atoms with E-state index in [1.165, 1.54) is 0 Å². The van der Waals surface area contributed by atoms with Crippen molar-refractivity contribution < 1.29 is 4.79 Å². The van der Waals surface area contributed by atoms with Crippen LogP contribution in [0.15, 0.2) is 30.3 Å². The number of rotatable bonds is 3. The van der Waals surface area contributed by atoms with Crippen LogP contribution in [-0.4, -0.2) is 24.5 Å². The first kappa shape index (κ1) is 17.0. The molecule has 0 bridgehead atoms. The highest BCUT2D eigenvalue weighted by molar-refractivity contribution is 5.87. The molecule has 1 aromatic carbocycles. The van der Waals surface area contributed by atoms with E-state index in [1.807, 2.05) is 44.2 Å². The van der Waals surface area contributed by atoms with Gasteiger partial charge in [0, 0.05) is 12.1 Å². The summed E-state index contributed by atoms with van der Waals surface area (Å²) in [6.07, 6.45) is 2.03. The maximum Gasteiger partial charge on any atom is 0.230 e. The Balaban J connectivity index is 0.00000200. The van der Waals surface area contributed by atoms with E-state index >= 15 is 0 Å². The Morgan fingerprint density at radius 3 is 2.55 bits per heavy atom. The third-order valence-corrected chi connectivity index (χ3v) is 4.02. The van der Waals surface area contributed by atoms with Gasteiger partial charge in [0.25, 0.3) is 0 Å². The Labute approximate surface area is 127 Å². The van der Waals surface area contributed by atoms with E-state index in [4.69, 9.17) is 0 Å². The van der Waals surface area contributed by atoms with Crippen LogP contribution in [0, 0.1) is 0 Å². The van der Waals surface area contributed by atoms with E-state index in [0.717, 1.165) is 24.9 Å². The average Bonchev–Trinajstić information content (AvgIpc) is 2.39. The van der Waals surface area contributed by atoms with Crippen LogP contribution < -0.4 is 10.6 Å². The van der Waals surface area contributed by atoms with Crippen molar-refractivity contribution in [3.05, 3.63) is 35.9 Å². The zero-order valence-corrected chi connectivity index (χ0v) is 13.3. The minimum absolute atomic E-state index is 0. The average molecular weight is 297 g/mol.